The summed E-state index contributed by atoms with van der Waals surface area (Å²) in [6, 6.07) is 0.0931. The lowest BCUT2D eigenvalue weighted by Crippen LogP contribution is -2.42. The van der Waals surface area contributed by atoms with Gasteiger partial charge in [0.1, 0.15) is 0 Å². The van der Waals surface area contributed by atoms with Gasteiger partial charge < -0.3 is 4.90 Å². The fraction of sp³-hybridized carbons (Fsp3) is 0.900. The summed E-state index contributed by atoms with van der Waals surface area (Å²) in [5.41, 5.74) is 0. The third-order valence-corrected chi connectivity index (χ3v) is 3.60. The molecule has 2 heterocycles. The van der Waals surface area contributed by atoms with E-state index in [0.29, 0.717) is 11.2 Å². The van der Waals surface area contributed by atoms with Crippen LogP contribution in [0, 0.1) is 0 Å². The Labute approximate surface area is 90.8 Å². The van der Waals surface area contributed by atoms with Gasteiger partial charge in [0.25, 0.3) is 0 Å². The number of nitrogens with zero attached hydrogens (tertiary/aromatic N) is 2. The van der Waals surface area contributed by atoms with Gasteiger partial charge in [-0.15, -0.1) is 0 Å². The third kappa shape index (κ3) is 1.91. The monoisotopic (exact) mass is 214 g/mol. The number of hydrogen-bond donors (Lipinski definition) is 1. The normalized spacial score (nSPS) is 34.0. The Morgan fingerprint density at radius 1 is 1.36 bits per heavy atom. The summed E-state index contributed by atoms with van der Waals surface area (Å²) in [5.74, 6) is 0.321. The van der Waals surface area contributed by atoms with Crippen molar-refractivity contribution in [2.45, 2.75) is 30.6 Å². The Morgan fingerprint density at radius 2 is 2.00 bits per heavy atom. The number of carbonyl (C=O) groups excluding carboxylic acids is 1. The minimum absolute atomic E-state index is 0.0931. The van der Waals surface area contributed by atoms with Crippen molar-refractivity contribution in [2.75, 3.05) is 26.7 Å². The lowest BCUT2D eigenvalue weighted by Gasteiger charge is -2.24. The van der Waals surface area contributed by atoms with Gasteiger partial charge >= 0.3 is 0 Å². The zero-order valence-electron chi connectivity index (χ0n) is 8.65. The maximum Gasteiger partial charge on any atom is 0.239 e. The Balaban J connectivity index is 1.96. The largest absolute Gasteiger partial charge is 0.341 e. The van der Waals surface area contributed by atoms with Crippen molar-refractivity contribution in [3.8, 4) is 0 Å². The minimum Gasteiger partial charge on any atom is -0.341 e. The van der Waals surface area contributed by atoms with E-state index in [4.69, 9.17) is 0 Å². The average Bonchev–Trinajstić information content (AvgIpc) is 2.73. The van der Waals surface area contributed by atoms with Gasteiger partial charge in [0.2, 0.25) is 5.91 Å². The van der Waals surface area contributed by atoms with Crippen LogP contribution in [-0.4, -0.2) is 53.7 Å². The highest BCUT2D eigenvalue weighted by Gasteiger charge is 2.35. The summed E-state index contributed by atoms with van der Waals surface area (Å²) in [6.45, 7) is 2.86. The van der Waals surface area contributed by atoms with E-state index in [1.54, 1.807) is 0 Å². The summed E-state index contributed by atoms with van der Waals surface area (Å²) in [5, 5.41) is 0.372. The van der Waals surface area contributed by atoms with Crippen molar-refractivity contribution in [3.05, 3.63) is 0 Å². The van der Waals surface area contributed by atoms with Crippen LogP contribution in [0.3, 0.4) is 0 Å². The highest BCUT2D eigenvalue weighted by molar-refractivity contribution is 7.81. The molecule has 0 saturated carbocycles. The molecule has 2 rings (SSSR count). The molecule has 0 aliphatic carbocycles. The predicted molar refractivity (Wildman–Crippen MR) is 59.6 cm³/mol. The van der Waals surface area contributed by atoms with Gasteiger partial charge in [-0.1, -0.05) is 0 Å². The summed E-state index contributed by atoms with van der Waals surface area (Å²) in [4.78, 5) is 16.2. The smallest absolute Gasteiger partial charge is 0.239 e. The summed E-state index contributed by atoms with van der Waals surface area (Å²) in [6.07, 6.45) is 3.26. The molecule has 14 heavy (non-hydrogen) atoms. The number of likely N-dealkylation sites (tertiary alicyclic amines) is 2. The standard InChI is InChI=1S/C10H18N2OS/c1-11-7-8(14)6-9(11)10(13)12-4-2-3-5-12/h8-9,14H,2-7H2,1H3/t8-,9-/m0/s1. The summed E-state index contributed by atoms with van der Waals surface area (Å²) >= 11 is 4.44. The van der Waals surface area contributed by atoms with Crippen LogP contribution < -0.4 is 0 Å². The molecule has 2 saturated heterocycles. The quantitative estimate of drug-likeness (QED) is 0.647. The van der Waals surface area contributed by atoms with Crippen molar-refractivity contribution in [1.29, 1.82) is 0 Å². The second-order valence-corrected chi connectivity index (χ2v) is 5.11. The minimum atomic E-state index is 0.0931. The molecule has 2 aliphatic heterocycles. The van der Waals surface area contributed by atoms with Crippen molar-refractivity contribution >= 4 is 18.5 Å². The van der Waals surface area contributed by atoms with Crippen LogP contribution in [0.2, 0.25) is 0 Å². The number of thiol groups is 1. The van der Waals surface area contributed by atoms with Gasteiger partial charge in [-0.3, -0.25) is 9.69 Å². The molecular formula is C10H18N2OS. The highest BCUT2D eigenvalue weighted by atomic mass is 32.1. The first-order valence-electron chi connectivity index (χ1n) is 5.35. The van der Waals surface area contributed by atoms with Gasteiger partial charge in [0.15, 0.2) is 0 Å². The van der Waals surface area contributed by atoms with Crippen LogP contribution in [0.1, 0.15) is 19.3 Å². The molecular weight excluding hydrogens is 196 g/mol. The third-order valence-electron chi connectivity index (χ3n) is 3.23. The van der Waals surface area contributed by atoms with E-state index in [-0.39, 0.29) is 6.04 Å². The fourth-order valence-corrected chi connectivity index (χ4v) is 2.87. The molecule has 0 aromatic carbocycles. The van der Waals surface area contributed by atoms with Crippen LogP contribution in [0.15, 0.2) is 0 Å². The molecule has 0 aromatic heterocycles. The Kier molecular flexibility index (Phi) is 3.02. The van der Waals surface area contributed by atoms with E-state index >= 15 is 0 Å². The van der Waals surface area contributed by atoms with E-state index in [9.17, 15) is 4.79 Å². The molecule has 2 fully saturated rings. The lowest BCUT2D eigenvalue weighted by molar-refractivity contribution is -0.134. The average molecular weight is 214 g/mol. The molecule has 0 radical (unpaired) electrons. The Bertz CT molecular complexity index is 228. The lowest BCUT2D eigenvalue weighted by atomic mass is 10.2. The van der Waals surface area contributed by atoms with E-state index in [0.717, 1.165) is 26.1 Å². The number of amides is 1. The van der Waals surface area contributed by atoms with E-state index in [2.05, 4.69) is 17.5 Å². The SMILES string of the molecule is CN1C[C@@H](S)C[C@H]1C(=O)N1CCCC1. The van der Waals surface area contributed by atoms with E-state index in [1.165, 1.54) is 12.8 Å². The summed E-state index contributed by atoms with van der Waals surface area (Å²) < 4.78 is 0. The maximum absolute atomic E-state index is 12.1. The first-order valence-corrected chi connectivity index (χ1v) is 5.87. The van der Waals surface area contributed by atoms with Crippen molar-refractivity contribution in [2.24, 2.45) is 0 Å². The van der Waals surface area contributed by atoms with Crippen molar-refractivity contribution in [3.63, 3.8) is 0 Å². The Morgan fingerprint density at radius 3 is 2.50 bits per heavy atom. The first-order chi connectivity index (χ1) is 6.68. The molecule has 80 valence electrons. The van der Waals surface area contributed by atoms with Crippen molar-refractivity contribution in [1.82, 2.24) is 9.80 Å². The highest BCUT2D eigenvalue weighted by Crippen LogP contribution is 2.23. The molecule has 0 spiro atoms. The molecule has 3 nitrogen and oxygen atoms in total. The summed E-state index contributed by atoms with van der Waals surface area (Å²) in [7, 11) is 2.02. The van der Waals surface area contributed by atoms with E-state index < -0.39 is 0 Å². The maximum atomic E-state index is 12.1. The van der Waals surface area contributed by atoms with Crippen LogP contribution in [-0.2, 0) is 4.79 Å². The molecule has 0 N–H and O–H groups in total. The number of carbonyl (C=O) groups is 1. The molecule has 0 unspecified atom stereocenters. The van der Waals surface area contributed by atoms with Gasteiger partial charge in [0.05, 0.1) is 6.04 Å². The van der Waals surface area contributed by atoms with Crippen LogP contribution >= 0.6 is 12.6 Å². The zero-order valence-corrected chi connectivity index (χ0v) is 9.54. The first kappa shape index (κ1) is 10.3. The van der Waals surface area contributed by atoms with E-state index in [1.807, 2.05) is 11.9 Å². The zero-order chi connectivity index (χ0) is 10.1. The van der Waals surface area contributed by atoms with Gasteiger partial charge in [-0.05, 0) is 26.3 Å². The van der Waals surface area contributed by atoms with Crippen LogP contribution in [0.5, 0.6) is 0 Å². The van der Waals surface area contributed by atoms with Gasteiger partial charge in [-0.2, -0.15) is 12.6 Å². The van der Waals surface area contributed by atoms with Crippen LogP contribution in [0.25, 0.3) is 0 Å². The number of rotatable bonds is 1. The number of likely N-dealkylation sites (N-methyl/N-ethyl adjacent to an activating group) is 1. The molecule has 1 amide bonds. The second kappa shape index (κ2) is 4.11. The molecule has 2 aliphatic rings. The second-order valence-electron chi connectivity index (χ2n) is 4.38. The predicted octanol–water partition coefficient (Wildman–Crippen LogP) is 0.611. The molecule has 2 atom stereocenters. The topological polar surface area (TPSA) is 23.6 Å². The molecule has 0 aromatic rings. The number of hydrogen-bond acceptors (Lipinski definition) is 3. The van der Waals surface area contributed by atoms with Crippen molar-refractivity contribution < 1.29 is 4.79 Å². The van der Waals surface area contributed by atoms with Gasteiger partial charge in [0, 0.05) is 24.9 Å². The van der Waals surface area contributed by atoms with Crippen LogP contribution in [0.4, 0.5) is 0 Å². The molecule has 0 bridgehead atoms. The molecule has 4 heteroatoms. The van der Waals surface area contributed by atoms with Gasteiger partial charge in [-0.25, -0.2) is 0 Å². The fourth-order valence-electron chi connectivity index (χ4n) is 2.41. The Hall–Kier alpha value is -0.220.